The van der Waals surface area contributed by atoms with Crippen molar-refractivity contribution in [3.63, 3.8) is 0 Å². The molecule has 0 spiro atoms. The van der Waals surface area contributed by atoms with Crippen LogP contribution in [0.2, 0.25) is 0 Å². The van der Waals surface area contributed by atoms with Crippen LogP contribution in [0.25, 0.3) is 0 Å². The molecule has 0 amide bonds. The second kappa shape index (κ2) is 14.4. The number of carbonyl (C=O) groups is 2. The van der Waals surface area contributed by atoms with Crippen molar-refractivity contribution >= 4 is 23.3 Å². The number of carbonyl (C=O) groups excluding carboxylic acids is 2. The third kappa shape index (κ3) is 7.19. The smallest absolute Gasteiger partial charge is 0.336 e. The zero-order chi connectivity index (χ0) is 26.7. The van der Waals surface area contributed by atoms with Crippen molar-refractivity contribution in [2.45, 2.75) is 46.8 Å². The summed E-state index contributed by atoms with van der Waals surface area (Å²) in [6.07, 6.45) is -1.01. The maximum absolute atomic E-state index is 13.3. The second-order valence-corrected chi connectivity index (χ2v) is 7.69. The molecule has 1 aromatic rings. The Hall–Kier alpha value is -3.15. The maximum atomic E-state index is 13.3. The summed E-state index contributed by atoms with van der Waals surface area (Å²) >= 11 is 0. The number of hydrogen-bond donors (Lipinski definition) is 0. The van der Waals surface area contributed by atoms with Crippen LogP contribution in [0.5, 0.6) is 0 Å². The van der Waals surface area contributed by atoms with Gasteiger partial charge in [0.05, 0.1) is 23.7 Å². The van der Waals surface area contributed by atoms with Crippen LogP contribution in [0.15, 0.2) is 40.5 Å². The first-order valence-electron chi connectivity index (χ1n) is 12.0. The fourth-order valence-corrected chi connectivity index (χ4v) is 3.95. The number of hydrogen-bond acceptors (Lipinski definition) is 10. The number of rotatable bonds is 14. The third-order valence-electron chi connectivity index (χ3n) is 5.39. The number of aliphatic imine (C=N–C) groups is 1. The van der Waals surface area contributed by atoms with Crippen LogP contribution < -0.4 is 0 Å². The molecule has 1 aliphatic rings. The molecule has 0 radical (unpaired) electrons. The van der Waals surface area contributed by atoms with Crippen LogP contribution in [-0.4, -0.2) is 68.5 Å². The summed E-state index contributed by atoms with van der Waals surface area (Å²) < 4.78 is 27.5. The molecule has 1 aromatic carbocycles. The molecule has 198 valence electrons. The van der Waals surface area contributed by atoms with Gasteiger partial charge in [0.1, 0.15) is 18.2 Å². The third-order valence-corrected chi connectivity index (χ3v) is 5.39. The van der Waals surface area contributed by atoms with Gasteiger partial charge in [0.25, 0.3) is 5.69 Å². The fraction of sp³-hybridized carbons (Fsp3) is 0.560. The predicted octanol–water partition coefficient (Wildman–Crippen LogP) is 3.57. The monoisotopic (exact) mass is 506 g/mol. The van der Waals surface area contributed by atoms with E-state index in [1.807, 2.05) is 6.92 Å². The molecule has 0 bridgehead atoms. The van der Waals surface area contributed by atoms with E-state index >= 15 is 0 Å². The van der Waals surface area contributed by atoms with Gasteiger partial charge in [-0.25, -0.2) is 4.79 Å². The number of nitrogens with zero attached hydrogens (tertiary/aromatic N) is 2. The zero-order valence-electron chi connectivity index (χ0n) is 21.4. The maximum Gasteiger partial charge on any atom is 0.336 e. The molecular formula is C25H34N2O9. The van der Waals surface area contributed by atoms with E-state index in [0.717, 1.165) is 0 Å². The molecule has 1 aliphatic heterocycles. The van der Waals surface area contributed by atoms with Crippen molar-refractivity contribution in [3.05, 3.63) is 51.2 Å². The molecule has 36 heavy (non-hydrogen) atoms. The summed E-state index contributed by atoms with van der Waals surface area (Å²) in [5, 5.41) is 11.5. The summed E-state index contributed by atoms with van der Waals surface area (Å²) in [4.78, 5) is 42.2. The van der Waals surface area contributed by atoms with Crippen molar-refractivity contribution in [3.8, 4) is 0 Å². The molecule has 2 atom stereocenters. The van der Waals surface area contributed by atoms with Gasteiger partial charge in [-0.1, -0.05) is 12.1 Å². The zero-order valence-corrected chi connectivity index (χ0v) is 21.4. The van der Waals surface area contributed by atoms with Gasteiger partial charge < -0.3 is 23.7 Å². The van der Waals surface area contributed by atoms with E-state index in [1.165, 1.54) is 18.2 Å². The highest BCUT2D eigenvalue weighted by molar-refractivity contribution is 6.07. The Balaban J connectivity index is 2.73. The van der Waals surface area contributed by atoms with E-state index in [2.05, 4.69) is 4.99 Å². The van der Waals surface area contributed by atoms with Crippen LogP contribution in [0.1, 0.15) is 46.1 Å². The summed E-state index contributed by atoms with van der Waals surface area (Å²) in [5.74, 6) is -3.39. The van der Waals surface area contributed by atoms with E-state index in [0.29, 0.717) is 17.9 Å². The van der Waals surface area contributed by atoms with Gasteiger partial charge in [-0.3, -0.25) is 19.9 Å². The first kappa shape index (κ1) is 29.1. The van der Waals surface area contributed by atoms with E-state index in [1.54, 1.807) is 33.8 Å². The highest BCUT2D eigenvalue weighted by Gasteiger charge is 2.45. The Morgan fingerprint density at radius 1 is 1.03 bits per heavy atom. The summed E-state index contributed by atoms with van der Waals surface area (Å²) in [5.41, 5.74) is 0.705. The number of ether oxygens (including phenoxy) is 5. The normalized spacial score (nSPS) is 17.7. The highest BCUT2D eigenvalue weighted by Crippen LogP contribution is 2.42. The summed E-state index contributed by atoms with van der Waals surface area (Å²) in [6, 6.07) is 5.78. The SMILES string of the molecule is CCOCCOC(=O)C1C(C)=NC(C(OCC)OCC)=C(C(=O)OCC)C1c1cccc([N+](=O)[O-])c1. The lowest BCUT2D eigenvalue weighted by molar-refractivity contribution is -0.384. The number of non-ortho nitro benzene ring substituents is 1. The number of benzene rings is 1. The van der Waals surface area contributed by atoms with Crippen molar-refractivity contribution in [1.82, 2.24) is 0 Å². The van der Waals surface area contributed by atoms with Crippen molar-refractivity contribution in [1.29, 1.82) is 0 Å². The van der Waals surface area contributed by atoms with Gasteiger partial charge in [0.2, 0.25) is 6.29 Å². The molecule has 0 aliphatic carbocycles. The molecule has 0 saturated carbocycles. The van der Waals surface area contributed by atoms with Gasteiger partial charge >= 0.3 is 11.9 Å². The largest absolute Gasteiger partial charge is 0.463 e. The predicted molar refractivity (Wildman–Crippen MR) is 131 cm³/mol. The molecule has 0 fully saturated rings. The highest BCUT2D eigenvalue weighted by atomic mass is 16.7. The summed E-state index contributed by atoms with van der Waals surface area (Å²) in [7, 11) is 0. The lowest BCUT2D eigenvalue weighted by Gasteiger charge is -2.34. The average Bonchev–Trinajstić information content (AvgIpc) is 2.85. The Morgan fingerprint density at radius 3 is 2.31 bits per heavy atom. The van der Waals surface area contributed by atoms with Crippen LogP contribution >= 0.6 is 0 Å². The Kier molecular flexibility index (Phi) is 11.6. The molecule has 1 heterocycles. The minimum absolute atomic E-state index is 0.00391. The first-order chi connectivity index (χ1) is 17.3. The molecule has 0 aromatic heterocycles. The molecule has 11 heteroatoms. The minimum Gasteiger partial charge on any atom is -0.463 e. The number of nitro groups is 1. The van der Waals surface area contributed by atoms with E-state index in [-0.39, 0.29) is 50.0 Å². The van der Waals surface area contributed by atoms with Gasteiger partial charge in [0, 0.05) is 43.6 Å². The van der Waals surface area contributed by atoms with Crippen molar-refractivity contribution < 1.29 is 38.2 Å². The topological polar surface area (TPSA) is 136 Å². The van der Waals surface area contributed by atoms with Gasteiger partial charge in [-0.15, -0.1) is 0 Å². The molecule has 2 unspecified atom stereocenters. The molecule has 11 nitrogen and oxygen atoms in total. The Labute approximate surface area is 210 Å². The molecular weight excluding hydrogens is 472 g/mol. The van der Waals surface area contributed by atoms with Crippen LogP contribution in [0.4, 0.5) is 5.69 Å². The molecule has 0 N–H and O–H groups in total. The van der Waals surface area contributed by atoms with Gasteiger partial charge in [-0.05, 0) is 40.2 Å². The van der Waals surface area contributed by atoms with Crippen molar-refractivity contribution in [2.75, 3.05) is 39.6 Å². The van der Waals surface area contributed by atoms with Gasteiger partial charge in [0.15, 0.2) is 0 Å². The average molecular weight is 507 g/mol. The van der Waals surface area contributed by atoms with E-state index in [9.17, 15) is 19.7 Å². The molecule has 0 saturated heterocycles. The summed E-state index contributed by atoms with van der Waals surface area (Å²) in [6.45, 7) is 9.92. The Morgan fingerprint density at radius 2 is 1.72 bits per heavy atom. The number of esters is 2. The first-order valence-corrected chi connectivity index (χ1v) is 12.0. The second-order valence-electron chi connectivity index (χ2n) is 7.69. The van der Waals surface area contributed by atoms with Crippen molar-refractivity contribution in [2.24, 2.45) is 10.9 Å². The fourth-order valence-electron chi connectivity index (χ4n) is 3.95. The quantitative estimate of drug-likeness (QED) is 0.122. The van der Waals surface area contributed by atoms with Crippen LogP contribution in [0.3, 0.4) is 0 Å². The van der Waals surface area contributed by atoms with Gasteiger partial charge in [-0.2, -0.15) is 0 Å². The lowest BCUT2D eigenvalue weighted by atomic mass is 9.75. The Bertz CT molecular complexity index is 983. The standard InChI is InChI=1S/C25H34N2O9/c1-6-32-13-14-36-23(28)19-16(5)26-22(25(34-8-3)35-9-4)21(24(29)33-7-2)20(19)17-11-10-12-18(15-17)27(30)31/h10-12,15,19-20,25H,6-9,13-14H2,1-5H3. The minimum atomic E-state index is -1.04. The lowest BCUT2D eigenvalue weighted by Crippen LogP contribution is -2.39. The van der Waals surface area contributed by atoms with E-state index < -0.39 is 35.0 Å². The molecule has 2 rings (SSSR count). The van der Waals surface area contributed by atoms with E-state index in [4.69, 9.17) is 23.7 Å². The van der Waals surface area contributed by atoms with Crippen LogP contribution in [0, 0.1) is 16.0 Å². The number of nitro benzene ring substituents is 1. The van der Waals surface area contributed by atoms with Crippen LogP contribution in [-0.2, 0) is 33.3 Å².